The molecule has 4 rings (SSSR count). The molecule has 186 valence electrons. The number of ether oxygens (including phenoxy) is 3. The predicted molar refractivity (Wildman–Crippen MR) is 134 cm³/mol. The summed E-state index contributed by atoms with van der Waals surface area (Å²) in [7, 11) is 1.57. The number of carbonyl (C=O) groups excluding carboxylic acids is 1. The lowest BCUT2D eigenvalue weighted by atomic mass is 10.2. The van der Waals surface area contributed by atoms with Crippen molar-refractivity contribution in [3.8, 4) is 11.5 Å². The first kappa shape index (κ1) is 24.4. The maximum Gasteiger partial charge on any atom is 0.259 e. The molecule has 1 amide bonds. The zero-order chi connectivity index (χ0) is 24.5. The first-order valence-corrected chi connectivity index (χ1v) is 11.6. The van der Waals surface area contributed by atoms with Crippen LogP contribution in [0.5, 0.6) is 11.5 Å². The van der Waals surface area contributed by atoms with Gasteiger partial charge in [0.1, 0.15) is 11.5 Å². The van der Waals surface area contributed by atoms with Gasteiger partial charge in [0.25, 0.3) is 5.91 Å². The number of pyridine rings is 1. The van der Waals surface area contributed by atoms with E-state index in [9.17, 15) is 4.79 Å². The van der Waals surface area contributed by atoms with Crippen LogP contribution in [0.4, 0.5) is 11.5 Å². The van der Waals surface area contributed by atoms with Crippen LogP contribution in [0, 0.1) is 0 Å². The van der Waals surface area contributed by atoms with E-state index < -0.39 is 0 Å². The number of amides is 1. The molecule has 1 aromatic heterocycles. The predicted octanol–water partition coefficient (Wildman–Crippen LogP) is 1.53. The van der Waals surface area contributed by atoms with E-state index in [0.29, 0.717) is 54.2 Å². The van der Waals surface area contributed by atoms with Crippen LogP contribution in [0.3, 0.4) is 0 Å². The second-order valence-electron chi connectivity index (χ2n) is 8.04. The lowest BCUT2D eigenvalue weighted by Gasteiger charge is -2.26. The SMILES string of the molecule is COc1c(/N=C(/NC(=O)c2ccc(N)nc2)N2C=NCC2)cccc1OCCCN1CCOCC1. The van der Waals surface area contributed by atoms with Crippen molar-refractivity contribution < 1.29 is 19.0 Å². The number of hydrogen-bond acceptors (Lipinski definition) is 9. The number of para-hydroxylation sites is 1. The van der Waals surface area contributed by atoms with Crippen LogP contribution in [0.2, 0.25) is 0 Å². The fourth-order valence-electron chi connectivity index (χ4n) is 3.74. The second kappa shape index (κ2) is 12.1. The Hall–Kier alpha value is -3.70. The molecule has 3 heterocycles. The Balaban J connectivity index is 1.48. The first-order chi connectivity index (χ1) is 17.1. The second-order valence-corrected chi connectivity index (χ2v) is 8.04. The molecular weight excluding hydrogens is 450 g/mol. The maximum absolute atomic E-state index is 12.8. The van der Waals surface area contributed by atoms with Crippen molar-refractivity contribution in [3.05, 3.63) is 42.1 Å². The third-order valence-corrected chi connectivity index (χ3v) is 5.61. The molecule has 0 spiro atoms. The lowest BCUT2D eigenvalue weighted by molar-refractivity contribution is 0.0357. The molecule has 0 atom stereocenters. The van der Waals surface area contributed by atoms with E-state index in [4.69, 9.17) is 24.9 Å². The van der Waals surface area contributed by atoms with Crippen LogP contribution in [-0.2, 0) is 4.74 Å². The average molecular weight is 482 g/mol. The van der Waals surface area contributed by atoms with E-state index in [0.717, 1.165) is 39.3 Å². The number of methoxy groups -OCH3 is 1. The monoisotopic (exact) mass is 481 g/mol. The van der Waals surface area contributed by atoms with Crippen LogP contribution < -0.4 is 20.5 Å². The maximum atomic E-state index is 12.8. The molecule has 11 heteroatoms. The number of morpholine rings is 1. The van der Waals surface area contributed by atoms with Crippen molar-refractivity contribution in [2.24, 2.45) is 9.98 Å². The van der Waals surface area contributed by atoms with Gasteiger partial charge in [-0.1, -0.05) is 6.07 Å². The molecule has 1 fully saturated rings. The van der Waals surface area contributed by atoms with Gasteiger partial charge < -0.3 is 24.8 Å². The molecular formula is C24H31N7O4. The molecule has 0 radical (unpaired) electrons. The van der Waals surface area contributed by atoms with Crippen LogP contribution in [0.25, 0.3) is 0 Å². The van der Waals surface area contributed by atoms with Crippen LogP contribution in [0.1, 0.15) is 16.8 Å². The van der Waals surface area contributed by atoms with Crippen molar-refractivity contribution in [1.82, 2.24) is 20.1 Å². The summed E-state index contributed by atoms with van der Waals surface area (Å²) < 4.78 is 17.1. The van der Waals surface area contributed by atoms with Gasteiger partial charge in [0.05, 0.1) is 45.4 Å². The summed E-state index contributed by atoms with van der Waals surface area (Å²) in [6, 6.07) is 8.69. The third kappa shape index (κ3) is 6.67. The summed E-state index contributed by atoms with van der Waals surface area (Å²) in [5.74, 6) is 1.41. The van der Waals surface area contributed by atoms with E-state index in [1.807, 2.05) is 18.2 Å². The quantitative estimate of drug-likeness (QED) is 0.330. The number of benzene rings is 1. The van der Waals surface area contributed by atoms with E-state index in [-0.39, 0.29) is 5.91 Å². The van der Waals surface area contributed by atoms with Crippen LogP contribution >= 0.6 is 0 Å². The van der Waals surface area contributed by atoms with E-state index in [1.165, 1.54) is 6.20 Å². The Bertz CT molecular complexity index is 1050. The lowest BCUT2D eigenvalue weighted by Crippen LogP contribution is -2.42. The van der Waals surface area contributed by atoms with E-state index >= 15 is 0 Å². The average Bonchev–Trinajstić information content (AvgIpc) is 3.42. The largest absolute Gasteiger partial charge is 0.491 e. The number of nitrogen functional groups attached to an aromatic ring is 1. The number of nitrogens with zero attached hydrogens (tertiary/aromatic N) is 5. The van der Waals surface area contributed by atoms with Gasteiger partial charge in [-0.3, -0.25) is 20.0 Å². The normalized spacial score (nSPS) is 16.4. The summed E-state index contributed by atoms with van der Waals surface area (Å²) in [6.07, 6.45) is 3.96. The highest BCUT2D eigenvalue weighted by Crippen LogP contribution is 2.37. The Kier molecular flexibility index (Phi) is 8.47. The van der Waals surface area contributed by atoms with Gasteiger partial charge in [-0.2, -0.15) is 0 Å². The number of anilines is 1. The van der Waals surface area contributed by atoms with Gasteiger partial charge in [-0.05, 0) is 30.7 Å². The highest BCUT2D eigenvalue weighted by Gasteiger charge is 2.19. The minimum atomic E-state index is -0.356. The smallest absolute Gasteiger partial charge is 0.259 e. The Morgan fingerprint density at radius 3 is 2.80 bits per heavy atom. The number of aromatic nitrogens is 1. The van der Waals surface area contributed by atoms with Gasteiger partial charge >= 0.3 is 0 Å². The van der Waals surface area contributed by atoms with Crippen molar-refractivity contribution in [1.29, 1.82) is 0 Å². The number of rotatable bonds is 8. The van der Waals surface area contributed by atoms with Gasteiger partial charge in [0.15, 0.2) is 11.5 Å². The highest BCUT2D eigenvalue weighted by molar-refractivity contribution is 6.08. The Morgan fingerprint density at radius 1 is 1.23 bits per heavy atom. The fourth-order valence-corrected chi connectivity index (χ4v) is 3.74. The van der Waals surface area contributed by atoms with Crippen molar-refractivity contribution in [2.45, 2.75) is 6.42 Å². The molecule has 0 saturated carbocycles. The third-order valence-electron chi connectivity index (χ3n) is 5.61. The molecule has 3 N–H and O–H groups in total. The summed E-state index contributed by atoms with van der Waals surface area (Å²) >= 11 is 0. The molecule has 35 heavy (non-hydrogen) atoms. The zero-order valence-corrected chi connectivity index (χ0v) is 19.9. The van der Waals surface area contributed by atoms with E-state index in [2.05, 4.69) is 20.2 Å². The zero-order valence-electron chi connectivity index (χ0n) is 19.9. The number of aliphatic imine (C=N–C) groups is 2. The van der Waals surface area contributed by atoms with Gasteiger partial charge in [-0.15, -0.1) is 0 Å². The topological polar surface area (TPSA) is 127 Å². The number of nitrogens with one attached hydrogen (secondary N) is 1. The summed E-state index contributed by atoms with van der Waals surface area (Å²) in [6.45, 7) is 6.18. The van der Waals surface area contributed by atoms with Crippen molar-refractivity contribution >= 4 is 29.7 Å². The summed E-state index contributed by atoms with van der Waals surface area (Å²) in [5.41, 5.74) is 6.53. The number of carbonyl (C=O) groups is 1. The minimum absolute atomic E-state index is 0.329. The highest BCUT2D eigenvalue weighted by atomic mass is 16.5. The van der Waals surface area contributed by atoms with Crippen LogP contribution in [-0.4, -0.2) is 92.6 Å². The molecule has 0 aliphatic carbocycles. The Morgan fingerprint density at radius 2 is 2.09 bits per heavy atom. The standard InChI is InChI=1S/C24H31N7O4/c1-33-22-19(4-2-5-20(22)35-13-3-9-30-11-14-34-15-12-30)28-24(31-10-8-26-17-31)29-23(32)18-6-7-21(25)27-16-18/h2,4-7,16-17H,3,8-15H2,1H3,(H2,25,27)(H,28,29,32). The van der Waals surface area contributed by atoms with Gasteiger partial charge in [-0.25, -0.2) is 9.98 Å². The Labute approximate surface area is 204 Å². The van der Waals surface area contributed by atoms with Gasteiger partial charge in [0, 0.05) is 32.4 Å². The summed E-state index contributed by atoms with van der Waals surface area (Å²) in [4.78, 5) is 29.9. The fraction of sp³-hybridized carbons (Fsp3) is 0.417. The molecule has 2 aliphatic heterocycles. The number of nitrogens with two attached hydrogens (primary N) is 1. The van der Waals surface area contributed by atoms with Crippen LogP contribution in [0.15, 0.2) is 46.5 Å². The molecule has 1 saturated heterocycles. The van der Waals surface area contributed by atoms with E-state index in [1.54, 1.807) is 30.5 Å². The molecule has 0 unspecified atom stereocenters. The van der Waals surface area contributed by atoms with Crippen molar-refractivity contribution in [3.63, 3.8) is 0 Å². The number of hydrogen-bond donors (Lipinski definition) is 2. The molecule has 2 aromatic rings. The molecule has 1 aromatic carbocycles. The molecule has 2 aliphatic rings. The number of guanidine groups is 1. The van der Waals surface area contributed by atoms with Gasteiger partial charge in [0.2, 0.25) is 5.96 Å². The minimum Gasteiger partial charge on any atom is -0.491 e. The molecule has 0 bridgehead atoms. The van der Waals surface area contributed by atoms with Crippen molar-refractivity contribution in [2.75, 3.05) is 65.4 Å². The first-order valence-electron chi connectivity index (χ1n) is 11.6. The summed E-state index contributed by atoms with van der Waals surface area (Å²) in [5, 5.41) is 2.86. The molecule has 11 nitrogen and oxygen atoms in total.